The molecule has 1 aliphatic rings. The van der Waals surface area contributed by atoms with Gasteiger partial charge in [0.2, 0.25) is 5.91 Å². The fourth-order valence-electron chi connectivity index (χ4n) is 2.35. The number of likely N-dealkylation sites (tertiary alicyclic amines) is 1. The lowest BCUT2D eigenvalue weighted by molar-refractivity contribution is -0.130. The summed E-state index contributed by atoms with van der Waals surface area (Å²) in [6.07, 6.45) is 2.09. The van der Waals surface area contributed by atoms with Crippen molar-refractivity contribution in [2.45, 2.75) is 25.8 Å². The molecule has 0 radical (unpaired) electrons. The lowest BCUT2D eigenvalue weighted by atomic mass is 10.1. The highest BCUT2D eigenvalue weighted by Crippen LogP contribution is 2.19. The summed E-state index contributed by atoms with van der Waals surface area (Å²) in [7, 11) is 0. The van der Waals surface area contributed by atoms with Gasteiger partial charge < -0.3 is 21.1 Å². The molecule has 1 aliphatic heterocycles. The number of amides is 1. The second-order valence-corrected chi connectivity index (χ2v) is 5.01. The number of nitrogens with one attached hydrogen (secondary N) is 1. The van der Waals surface area contributed by atoms with Crippen molar-refractivity contribution in [3.8, 4) is 0 Å². The highest BCUT2D eigenvalue weighted by molar-refractivity contribution is 5.95. The van der Waals surface area contributed by atoms with Crippen molar-refractivity contribution in [2.24, 2.45) is 0 Å². The molecule has 4 N–H and O–H groups in total. The Morgan fingerprint density at radius 3 is 2.60 bits per heavy atom. The van der Waals surface area contributed by atoms with Crippen molar-refractivity contribution in [2.75, 3.05) is 24.1 Å². The topological polar surface area (TPSA) is 95.7 Å². The van der Waals surface area contributed by atoms with Crippen LogP contribution in [-0.2, 0) is 4.79 Å². The summed E-state index contributed by atoms with van der Waals surface area (Å²) >= 11 is 0. The molecule has 2 rings (SSSR count). The van der Waals surface area contributed by atoms with Gasteiger partial charge in [0.05, 0.1) is 5.56 Å². The summed E-state index contributed by atoms with van der Waals surface area (Å²) in [5, 5.41) is 12.1. The molecule has 1 unspecified atom stereocenters. The largest absolute Gasteiger partial charge is 0.478 e. The predicted octanol–water partition coefficient (Wildman–Crippen LogP) is 1.39. The molecule has 1 amide bonds. The van der Waals surface area contributed by atoms with Crippen LogP contribution in [-0.4, -0.2) is 41.0 Å². The van der Waals surface area contributed by atoms with E-state index in [9.17, 15) is 9.59 Å². The van der Waals surface area contributed by atoms with Crippen LogP contribution in [0.25, 0.3) is 0 Å². The predicted molar refractivity (Wildman–Crippen MR) is 76.7 cm³/mol. The van der Waals surface area contributed by atoms with E-state index in [-0.39, 0.29) is 17.2 Å². The fourth-order valence-corrected chi connectivity index (χ4v) is 2.35. The van der Waals surface area contributed by atoms with E-state index in [0.29, 0.717) is 5.69 Å². The molecule has 0 saturated carbocycles. The van der Waals surface area contributed by atoms with Crippen molar-refractivity contribution >= 4 is 23.3 Å². The Bertz CT molecular complexity index is 524. The van der Waals surface area contributed by atoms with Crippen molar-refractivity contribution in [3.05, 3.63) is 23.8 Å². The molecule has 6 nitrogen and oxygen atoms in total. The summed E-state index contributed by atoms with van der Waals surface area (Å²) in [6.45, 7) is 3.37. The molecule has 0 spiro atoms. The number of carbonyl (C=O) groups excluding carboxylic acids is 1. The summed E-state index contributed by atoms with van der Waals surface area (Å²) < 4.78 is 0. The quantitative estimate of drug-likeness (QED) is 0.723. The maximum Gasteiger partial charge on any atom is 0.337 e. The van der Waals surface area contributed by atoms with Crippen LogP contribution in [0.1, 0.15) is 30.1 Å². The Morgan fingerprint density at radius 1 is 1.35 bits per heavy atom. The zero-order valence-electron chi connectivity index (χ0n) is 11.4. The van der Waals surface area contributed by atoms with Gasteiger partial charge in [-0.1, -0.05) is 0 Å². The van der Waals surface area contributed by atoms with Crippen LogP contribution in [0.4, 0.5) is 11.4 Å². The molecule has 1 atom stereocenters. The van der Waals surface area contributed by atoms with E-state index in [1.54, 1.807) is 13.0 Å². The Hall–Kier alpha value is -2.24. The first kappa shape index (κ1) is 14.2. The van der Waals surface area contributed by atoms with E-state index in [0.717, 1.165) is 25.9 Å². The number of aromatic carboxylic acids is 1. The molecule has 108 valence electrons. The van der Waals surface area contributed by atoms with Gasteiger partial charge in [0.1, 0.15) is 6.04 Å². The van der Waals surface area contributed by atoms with E-state index >= 15 is 0 Å². The van der Waals surface area contributed by atoms with Crippen LogP contribution in [0.15, 0.2) is 18.2 Å². The number of benzene rings is 1. The molecule has 1 fully saturated rings. The van der Waals surface area contributed by atoms with Gasteiger partial charge >= 0.3 is 5.97 Å². The average molecular weight is 277 g/mol. The first-order valence-corrected chi connectivity index (χ1v) is 6.67. The number of hydrogen-bond donors (Lipinski definition) is 3. The van der Waals surface area contributed by atoms with Crippen LogP contribution >= 0.6 is 0 Å². The number of carboxylic acids is 1. The van der Waals surface area contributed by atoms with Crippen molar-refractivity contribution in [3.63, 3.8) is 0 Å². The van der Waals surface area contributed by atoms with E-state index in [1.807, 2.05) is 4.90 Å². The Kier molecular flexibility index (Phi) is 4.12. The summed E-state index contributed by atoms with van der Waals surface area (Å²) in [5.41, 5.74) is 6.42. The summed E-state index contributed by atoms with van der Waals surface area (Å²) in [5.74, 6) is -1.04. The van der Waals surface area contributed by atoms with Crippen LogP contribution in [0.5, 0.6) is 0 Å². The molecule has 1 heterocycles. The third-order valence-corrected chi connectivity index (χ3v) is 3.46. The highest BCUT2D eigenvalue weighted by atomic mass is 16.4. The van der Waals surface area contributed by atoms with Crippen molar-refractivity contribution in [1.82, 2.24) is 4.90 Å². The Balaban J connectivity index is 2.07. The monoisotopic (exact) mass is 277 g/mol. The number of nitrogens with zero attached hydrogens (tertiary/aromatic N) is 1. The minimum Gasteiger partial charge on any atom is -0.478 e. The number of carbonyl (C=O) groups is 2. The van der Waals surface area contributed by atoms with Gasteiger partial charge in [0.25, 0.3) is 0 Å². The van der Waals surface area contributed by atoms with Crippen LogP contribution < -0.4 is 11.1 Å². The van der Waals surface area contributed by atoms with Crippen LogP contribution in [0, 0.1) is 0 Å². The number of nitrogen functional groups attached to an aromatic ring is 1. The summed E-state index contributed by atoms with van der Waals surface area (Å²) in [6, 6.07) is 4.26. The van der Waals surface area contributed by atoms with Gasteiger partial charge in [-0.2, -0.15) is 0 Å². The van der Waals surface area contributed by atoms with Gasteiger partial charge in [-0.3, -0.25) is 4.79 Å². The second-order valence-electron chi connectivity index (χ2n) is 5.01. The average Bonchev–Trinajstić information content (AvgIpc) is 2.93. The normalized spacial score (nSPS) is 15.9. The summed E-state index contributed by atoms with van der Waals surface area (Å²) in [4.78, 5) is 25.0. The first-order chi connectivity index (χ1) is 9.49. The van der Waals surface area contributed by atoms with Gasteiger partial charge in [0.15, 0.2) is 0 Å². The third-order valence-electron chi connectivity index (χ3n) is 3.46. The SMILES string of the molecule is CC(Nc1ccc(N)c(C(=O)O)c1)C(=O)N1CCCC1. The lowest BCUT2D eigenvalue weighted by Crippen LogP contribution is -2.39. The van der Waals surface area contributed by atoms with Gasteiger partial charge in [-0.05, 0) is 38.0 Å². The molecule has 1 aromatic rings. The fraction of sp³-hybridized carbons (Fsp3) is 0.429. The van der Waals surface area contributed by atoms with Crippen molar-refractivity contribution < 1.29 is 14.7 Å². The van der Waals surface area contributed by atoms with E-state index in [1.165, 1.54) is 12.1 Å². The van der Waals surface area contributed by atoms with E-state index in [4.69, 9.17) is 10.8 Å². The molecule has 1 aromatic carbocycles. The zero-order valence-corrected chi connectivity index (χ0v) is 11.4. The van der Waals surface area contributed by atoms with E-state index in [2.05, 4.69) is 5.32 Å². The van der Waals surface area contributed by atoms with Gasteiger partial charge in [-0.25, -0.2) is 4.79 Å². The first-order valence-electron chi connectivity index (χ1n) is 6.67. The Morgan fingerprint density at radius 2 is 2.00 bits per heavy atom. The molecule has 0 bridgehead atoms. The minimum absolute atomic E-state index is 0.0378. The van der Waals surface area contributed by atoms with Crippen molar-refractivity contribution in [1.29, 1.82) is 0 Å². The maximum absolute atomic E-state index is 12.2. The highest BCUT2D eigenvalue weighted by Gasteiger charge is 2.23. The molecule has 0 aromatic heterocycles. The smallest absolute Gasteiger partial charge is 0.337 e. The van der Waals surface area contributed by atoms with Gasteiger partial charge in [0, 0.05) is 24.5 Å². The minimum atomic E-state index is -1.08. The molecular formula is C14H19N3O3. The number of hydrogen-bond acceptors (Lipinski definition) is 4. The molecule has 1 saturated heterocycles. The number of anilines is 2. The van der Waals surface area contributed by atoms with E-state index < -0.39 is 12.0 Å². The third kappa shape index (κ3) is 3.01. The molecular weight excluding hydrogens is 258 g/mol. The van der Waals surface area contributed by atoms with Crippen LogP contribution in [0.2, 0.25) is 0 Å². The van der Waals surface area contributed by atoms with Crippen LogP contribution in [0.3, 0.4) is 0 Å². The number of nitrogens with two attached hydrogens (primary N) is 1. The lowest BCUT2D eigenvalue weighted by Gasteiger charge is -2.22. The zero-order chi connectivity index (χ0) is 14.7. The maximum atomic E-state index is 12.2. The number of rotatable bonds is 4. The van der Waals surface area contributed by atoms with Gasteiger partial charge in [-0.15, -0.1) is 0 Å². The second kappa shape index (κ2) is 5.81. The molecule has 20 heavy (non-hydrogen) atoms. The Labute approximate surface area is 117 Å². The number of carboxylic acid groups (broad SMARTS) is 1. The molecule has 6 heteroatoms. The standard InChI is InChI=1S/C14H19N3O3/c1-9(13(18)17-6-2-3-7-17)16-10-4-5-12(15)11(8-10)14(19)20/h4-5,8-9,16H,2-3,6-7,15H2,1H3,(H,19,20). The molecule has 0 aliphatic carbocycles.